The van der Waals surface area contributed by atoms with Gasteiger partial charge in [0.05, 0.1) is 23.5 Å². The van der Waals surface area contributed by atoms with E-state index in [2.05, 4.69) is 17.2 Å². The molecule has 2 aliphatic heterocycles. The number of hydrogen-bond acceptors (Lipinski definition) is 8. The number of ether oxygens (including phenoxy) is 1. The van der Waals surface area contributed by atoms with Crippen molar-refractivity contribution >= 4 is 39.4 Å². The van der Waals surface area contributed by atoms with Gasteiger partial charge in [0, 0.05) is 24.8 Å². The van der Waals surface area contributed by atoms with Gasteiger partial charge >= 0.3 is 0 Å². The van der Waals surface area contributed by atoms with Gasteiger partial charge in [-0.3, -0.25) is 34.2 Å². The molecule has 0 aromatic heterocycles. The van der Waals surface area contributed by atoms with E-state index in [1.807, 2.05) is 0 Å². The van der Waals surface area contributed by atoms with Crippen LogP contribution in [0.15, 0.2) is 30.2 Å². The predicted octanol–water partition coefficient (Wildman–Crippen LogP) is 1.09. The zero-order valence-electron chi connectivity index (χ0n) is 19.8. The molecule has 2 N–H and O–H groups in total. The van der Waals surface area contributed by atoms with E-state index in [0.29, 0.717) is 26.0 Å². The number of nitrogens with one attached hydrogen (secondary N) is 2. The van der Waals surface area contributed by atoms with E-state index in [0.717, 1.165) is 23.1 Å². The van der Waals surface area contributed by atoms with Crippen molar-refractivity contribution in [2.24, 2.45) is 0 Å². The summed E-state index contributed by atoms with van der Waals surface area (Å²) in [5.74, 6) is -2.62. The zero-order valence-corrected chi connectivity index (χ0v) is 20.6. The molecule has 1 atom stereocenters. The number of carbonyl (C=O) groups is 5. The average molecular weight is 520 g/mol. The number of unbranched alkanes of at least 4 members (excludes halogenated alkanes) is 3. The smallest absolute Gasteiger partial charge is 0.266 e. The summed E-state index contributed by atoms with van der Waals surface area (Å²) in [6, 6.07) is 3.68. The van der Waals surface area contributed by atoms with E-state index in [1.54, 1.807) is 12.1 Å². The van der Waals surface area contributed by atoms with Crippen LogP contribution in [0.25, 0.3) is 0 Å². The number of hydrogen-bond donors (Lipinski definition) is 2. The summed E-state index contributed by atoms with van der Waals surface area (Å²) in [7, 11) is -3.39. The second-order valence-electron chi connectivity index (χ2n) is 8.52. The number of carbonyl (C=O) groups excluding carboxylic acids is 5. The number of fused-ring (bicyclic) bond motifs is 1. The molecule has 1 aromatic rings. The Morgan fingerprint density at radius 3 is 2.61 bits per heavy atom. The number of benzene rings is 1. The van der Waals surface area contributed by atoms with E-state index in [-0.39, 0.29) is 47.8 Å². The molecule has 1 saturated heterocycles. The van der Waals surface area contributed by atoms with Gasteiger partial charge < -0.3 is 10.1 Å². The van der Waals surface area contributed by atoms with Crippen LogP contribution in [0.2, 0.25) is 0 Å². The van der Waals surface area contributed by atoms with Crippen molar-refractivity contribution in [3.63, 3.8) is 0 Å². The Labute approximate surface area is 209 Å². The SMILES string of the molecule is C=CS(=O)(=O)CCC(=O)NCCCCCCOc1cccc2c1C(=O)N(C1CCC(=O)NC1=O)C2=O. The highest BCUT2D eigenvalue weighted by molar-refractivity contribution is 7.94. The molecule has 11 nitrogen and oxygen atoms in total. The van der Waals surface area contributed by atoms with E-state index in [4.69, 9.17) is 4.74 Å². The molecule has 0 spiro atoms. The number of rotatable bonds is 13. The third-order valence-corrected chi connectivity index (χ3v) is 7.23. The molecular weight excluding hydrogens is 490 g/mol. The van der Waals surface area contributed by atoms with Crippen LogP contribution in [-0.4, -0.2) is 67.8 Å². The fourth-order valence-corrected chi connectivity index (χ4v) is 4.64. The average Bonchev–Trinajstić information content (AvgIpc) is 3.10. The van der Waals surface area contributed by atoms with Crippen LogP contribution in [0, 0.1) is 0 Å². The third-order valence-electron chi connectivity index (χ3n) is 5.95. The minimum absolute atomic E-state index is 0.0497. The van der Waals surface area contributed by atoms with Crippen molar-refractivity contribution in [1.82, 2.24) is 15.5 Å². The van der Waals surface area contributed by atoms with E-state index in [9.17, 15) is 32.4 Å². The monoisotopic (exact) mass is 519 g/mol. The molecule has 0 radical (unpaired) electrons. The number of piperidine rings is 1. The number of amides is 5. The first-order valence-corrected chi connectivity index (χ1v) is 13.5. The molecule has 3 rings (SSSR count). The molecule has 12 heteroatoms. The Morgan fingerprint density at radius 1 is 1.14 bits per heavy atom. The Bertz CT molecular complexity index is 1180. The highest BCUT2D eigenvalue weighted by Gasteiger charge is 2.45. The van der Waals surface area contributed by atoms with Crippen molar-refractivity contribution in [2.75, 3.05) is 18.9 Å². The summed E-state index contributed by atoms with van der Waals surface area (Å²) in [5, 5.41) is 5.69. The van der Waals surface area contributed by atoms with Gasteiger partial charge in [-0.25, -0.2) is 8.42 Å². The van der Waals surface area contributed by atoms with Gasteiger partial charge in [0.2, 0.25) is 17.7 Å². The van der Waals surface area contributed by atoms with Gasteiger partial charge in [0.25, 0.3) is 11.8 Å². The lowest BCUT2D eigenvalue weighted by Crippen LogP contribution is -2.54. The molecule has 0 saturated carbocycles. The first kappa shape index (κ1) is 27.1. The van der Waals surface area contributed by atoms with Gasteiger partial charge in [0.1, 0.15) is 11.8 Å². The van der Waals surface area contributed by atoms with Crippen molar-refractivity contribution in [2.45, 2.75) is 51.0 Å². The number of sulfone groups is 1. The molecule has 1 fully saturated rings. The molecule has 194 valence electrons. The minimum atomic E-state index is -3.39. The quantitative estimate of drug-likeness (QED) is 0.290. The van der Waals surface area contributed by atoms with Crippen molar-refractivity contribution in [3.05, 3.63) is 41.3 Å². The van der Waals surface area contributed by atoms with Crippen LogP contribution in [0.3, 0.4) is 0 Å². The summed E-state index contributed by atoms with van der Waals surface area (Å²) >= 11 is 0. The maximum absolute atomic E-state index is 13.0. The van der Waals surface area contributed by atoms with Gasteiger partial charge in [-0.05, 0) is 31.4 Å². The maximum Gasteiger partial charge on any atom is 0.266 e. The topological polar surface area (TPSA) is 156 Å². The Hall–Kier alpha value is -3.54. The Kier molecular flexibility index (Phi) is 8.97. The van der Waals surface area contributed by atoms with Gasteiger partial charge in [-0.1, -0.05) is 25.5 Å². The van der Waals surface area contributed by atoms with Crippen LogP contribution in [-0.2, 0) is 24.2 Å². The maximum atomic E-state index is 13.0. The van der Waals surface area contributed by atoms with Gasteiger partial charge in [-0.2, -0.15) is 0 Å². The second-order valence-corrected chi connectivity index (χ2v) is 10.6. The molecule has 0 aliphatic carbocycles. The zero-order chi connectivity index (χ0) is 26.3. The molecule has 5 amide bonds. The standard InChI is InChI=1S/C24H29N3O8S/c1-2-36(33,34)15-12-19(28)25-13-5-3-4-6-14-35-18-9-7-8-16-21(18)24(32)27(23(16)31)17-10-11-20(29)26-22(17)30/h2,7-9,17H,1,3-6,10-15H2,(H,25,28)(H,26,29,30). The summed E-state index contributed by atoms with van der Waals surface area (Å²) in [4.78, 5) is 62.1. The van der Waals surface area contributed by atoms with Crippen molar-refractivity contribution in [1.29, 1.82) is 0 Å². The van der Waals surface area contributed by atoms with Crippen LogP contribution < -0.4 is 15.4 Å². The lowest BCUT2D eigenvalue weighted by atomic mass is 10.0. The minimum Gasteiger partial charge on any atom is -0.493 e. The van der Waals surface area contributed by atoms with Crippen molar-refractivity contribution < 1.29 is 37.1 Å². The summed E-state index contributed by atoms with van der Waals surface area (Å²) in [6.07, 6.45) is 3.02. The summed E-state index contributed by atoms with van der Waals surface area (Å²) in [6.45, 7) is 3.95. The lowest BCUT2D eigenvalue weighted by molar-refractivity contribution is -0.136. The molecule has 36 heavy (non-hydrogen) atoms. The van der Waals surface area contributed by atoms with Crippen molar-refractivity contribution in [3.8, 4) is 5.75 Å². The first-order chi connectivity index (χ1) is 17.1. The molecule has 1 aromatic carbocycles. The highest BCUT2D eigenvalue weighted by atomic mass is 32.2. The number of imide groups is 2. The van der Waals surface area contributed by atoms with Crippen LogP contribution in [0.1, 0.15) is 65.7 Å². The Morgan fingerprint density at radius 2 is 1.89 bits per heavy atom. The van der Waals surface area contributed by atoms with E-state index in [1.165, 1.54) is 6.07 Å². The molecular formula is C24H29N3O8S. The largest absolute Gasteiger partial charge is 0.493 e. The first-order valence-electron chi connectivity index (χ1n) is 11.7. The van der Waals surface area contributed by atoms with E-state index < -0.39 is 39.5 Å². The third kappa shape index (κ3) is 6.56. The Balaban J connectivity index is 1.41. The van der Waals surface area contributed by atoms with Crippen LogP contribution in [0.5, 0.6) is 5.75 Å². The number of nitrogens with zero attached hydrogens (tertiary/aromatic N) is 1. The van der Waals surface area contributed by atoms with Gasteiger partial charge in [-0.15, -0.1) is 0 Å². The fraction of sp³-hybridized carbons (Fsp3) is 0.458. The van der Waals surface area contributed by atoms with E-state index >= 15 is 0 Å². The molecule has 0 bridgehead atoms. The second kappa shape index (κ2) is 11.9. The summed E-state index contributed by atoms with van der Waals surface area (Å²) in [5.41, 5.74) is 0.284. The van der Waals surface area contributed by atoms with Crippen LogP contribution in [0.4, 0.5) is 0 Å². The summed E-state index contributed by atoms with van der Waals surface area (Å²) < 4.78 is 28.4. The molecule has 1 unspecified atom stereocenters. The normalized spacial score (nSPS) is 17.6. The van der Waals surface area contributed by atoms with Crippen LogP contribution >= 0.6 is 0 Å². The highest BCUT2D eigenvalue weighted by Crippen LogP contribution is 2.33. The molecule has 2 heterocycles. The fourth-order valence-electron chi connectivity index (χ4n) is 4.00. The lowest BCUT2D eigenvalue weighted by Gasteiger charge is -2.27. The molecule has 2 aliphatic rings. The van der Waals surface area contributed by atoms with Gasteiger partial charge in [0.15, 0.2) is 9.84 Å². The predicted molar refractivity (Wildman–Crippen MR) is 129 cm³/mol.